The second-order valence-corrected chi connectivity index (χ2v) is 6.96. The van der Waals surface area contributed by atoms with Crippen LogP contribution in [-0.4, -0.2) is 23.7 Å². The zero-order chi connectivity index (χ0) is 19.7. The Hall–Kier alpha value is -2.94. The summed E-state index contributed by atoms with van der Waals surface area (Å²) in [6.07, 6.45) is -4.39. The second-order valence-electron chi connectivity index (χ2n) is 4.95. The summed E-state index contributed by atoms with van der Waals surface area (Å²) in [7, 11) is -3.83. The number of alkyl halides is 3. The first kappa shape index (κ1) is 19.4. The van der Waals surface area contributed by atoms with E-state index in [4.69, 9.17) is 5.26 Å². The molecule has 0 aliphatic carbocycles. The van der Waals surface area contributed by atoms with Crippen LogP contribution in [0.15, 0.2) is 29.3 Å². The molecule has 1 heterocycles. The average Bonchev–Trinajstić information content (AvgIpc) is 2.55. The smallest absolute Gasteiger partial charge is 0.282 e. The first-order valence-electron chi connectivity index (χ1n) is 6.89. The number of anilines is 1. The molecule has 0 unspecified atom stereocenters. The lowest BCUT2D eigenvalue weighted by Crippen LogP contribution is -2.23. The van der Waals surface area contributed by atoms with Gasteiger partial charge in [-0.2, -0.15) is 18.4 Å². The molecule has 0 aliphatic heterocycles. The molecular weight excluding hydrogens is 380 g/mol. The van der Waals surface area contributed by atoms with Gasteiger partial charge in [-0.05, 0) is 19.1 Å². The second kappa shape index (κ2) is 6.75. The third-order valence-electron chi connectivity index (χ3n) is 3.21. The van der Waals surface area contributed by atoms with Gasteiger partial charge in [0.25, 0.3) is 5.56 Å². The van der Waals surface area contributed by atoms with Crippen molar-refractivity contribution < 1.29 is 26.0 Å². The molecule has 0 spiro atoms. The van der Waals surface area contributed by atoms with Crippen molar-refractivity contribution in [2.45, 2.75) is 13.1 Å². The predicted molar refractivity (Wildman–Crippen MR) is 82.6 cm³/mol. The molecule has 2 rings (SSSR count). The van der Waals surface area contributed by atoms with E-state index in [2.05, 4.69) is 4.98 Å². The molecule has 0 aliphatic rings. The van der Waals surface area contributed by atoms with Crippen molar-refractivity contribution in [3.8, 4) is 11.8 Å². The fourth-order valence-corrected chi connectivity index (χ4v) is 2.55. The van der Waals surface area contributed by atoms with Gasteiger partial charge in [0.2, 0.25) is 10.0 Å². The summed E-state index contributed by atoms with van der Waals surface area (Å²) in [6.45, 7) is 1.32. The van der Waals surface area contributed by atoms with Gasteiger partial charge in [0, 0.05) is 6.07 Å². The van der Waals surface area contributed by atoms with Crippen molar-refractivity contribution in [1.29, 1.82) is 5.26 Å². The molecule has 12 heteroatoms. The van der Waals surface area contributed by atoms with Gasteiger partial charge in [-0.3, -0.25) is 14.1 Å². The third kappa shape index (κ3) is 3.99. The highest BCUT2D eigenvalue weighted by atomic mass is 32.2. The summed E-state index contributed by atoms with van der Waals surface area (Å²) in [5.41, 5.74) is -3.95. The number of nitrogens with zero attached hydrogens (tertiary/aromatic N) is 3. The van der Waals surface area contributed by atoms with E-state index in [-0.39, 0.29) is 23.1 Å². The first-order valence-corrected chi connectivity index (χ1v) is 8.54. The summed E-state index contributed by atoms with van der Waals surface area (Å²) in [4.78, 5) is 15.0. The van der Waals surface area contributed by atoms with Gasteiger partial charge in [-0.15, -0.1) is 0 Å². The summed E-state index contributed by atoms with van der Waals surface area (Å²) < 4.78 is 77.8. The Balaban J connectivity index is 2.64. The Morgan fingerprint density at radius 3 is 2.46 bits per heavy atom. The van der Waals surface area contributed by atoms with Crippen LogP contribution in [0, 0.1) is 17.1 Å². The van der Waals surface area contributed by atoms with E-state index in [1.807, 2.05) is 4.72 Å². The number of rotatable bonds is 4. The number of halogens is 4. The summed E-state index contributed by atoms with van der Waals surface area (Å²) in [5, 5.41) is 9.00. The highest BCUT2D eigenvalue weighted by Crippen LogP contribution is 2.27. The van der Waals surface area contributed by atoms with Crippen molar-refractivity contribution in [1.82, 2.24) is 9.55 Å². The van der Waals surface area contributed by atoms with Crippen molar-refractivity contribution >= 4 is 15.7 Å². The number of nitriles is 1. The topological polar surface area (TPSA) is 105 Å². The van der Waals surface area contributed by atoms with Crippen LogP contribution in [0.25, 0.3) is 5.69 Å². The maximum atomic E-state index is 14.2. The Bertz CT molecular complexity index is 1060. The molecule has 1 aromatic carbocycles. The minimum absolute atomic E-state index is 0.174. The van der Waals surface area contributed by atoms with Gasteiger partial charge in [-0.1, -0.05) is 0 Å². The van der Waals surface area contributed by atoms with Gasteiger partial charge in [0.15, 0.2) is 5.69 Å². The van der Waals surface area contributed by atoms with E-state index < -0.39 is 39.0 Å². The molecule has 0 saturated carbocycles. The van der Waals surface area contributed by atoms with Crippen LogP contribution >= 0.6 is 0 Å². The Morgan fingerprint density at radius 2 is 1.96 bits per heavy atom. The molecule has 1 aromatic heterocycles. The Kier molecular flexibility index (Phi) is 5.04. The summed E-state index contributed by atoms with van der Waals surface area (Å²) in [6, 6.07) is 3.25. The van der Waals surface area contributed by atoms with Gasteiger partial charge in [0.05, 0.1) is 22.7 Å². The predicted octanol–water partition coefficient (Wildman–Crippen LogP) is 2.02. The van der Waals surface area contributed by atoms with Crippen LogP contribution < -0.4 is 10.3 Å². The first-order chi connectivity index (χ1) is 12.0. The zero-order valence-electron chi connectivity index (χ0n) is 13.0. The largest absolute Gasteiger partial charge is 0.433 e. The van der Waals surface area contributed by atoms with Crippen LogP contribution in [0.2, 0.25) is 0 Å². The van der Waals surface area contributed by atoms with Crippen LogP contribution in [0.1, 0.15) is 18.2 Å². The van der Waals surface area contributed by atoms with Gasteiger partial charge < -0.3 is 0 Å². The monoisotopic (exact) mass is 390 g/mol. The highest BCUT2D eigenvalue weighted by molar-refractivity contribution is 7.92. The van der Waals surface area contributed by atoms with E-state index >= 15 is 0 Å². The van der Waals surface area contributed by atoms with E-state index in [0.717, 1.165) is 6.07 Å². The maximum absolute atomic E-state index is 14.2. The van der Waals surface area contributed by atoms with Gasteiger partial charge in [-0.25, -0.2) is 17.8 Å². The van der Waals surface area contributed by atoms with E-state index in [0.29, 0.717) is 17.0 Å². The van der Waals surface area contributed by atoms with Crippen LogP contribution in [0.3, 0.4) is 0 Å². The lowest BCUT2D eigenvalue weighted by atomic mass is 10.1. The molecule has 0 fully saturated rings. The molecule has 2 aromatic rings. The molecule has 1 N–H and O–H groups in total. The standard InChI is InChI=1S/C14H10F4N4O3S/c1-2-26(24,25)21-10-4-11(9(15)3-8(10)6-19)22-7-20-12(5-13(22)23)14(16,17)18/h3-5,7,21H,2H2,1H3. The lowest BCUT2D eigenvalue weighted by Gasteiger charge is -2.13. The normalized spacial score (nSPS) is 11.8. The highest BCUT2D eigenvalue weighted by Gasteiger charge is 2.33. The Morgan fingerprint density at radius 1 is 1.31 bits per heavy atom. The Labute approximate surface area is 144 Å². The van der Waals surface area contributed by atoms with Gasteiger partial charge >= 0.3 is 6.18 Å². The van der Waals surface area contributed by atoms with Crippen molar-refractivity contribution in [2.75, 3.05) is 10.5 Å². The molecule has 0 amide bonds. The minimum Gasteiger partial charge on any atom is -0.282 e. The zero-order valence-corrected chi connectivity index (χ0v) is 13.8. The molecule has 0 bridgehead atoms. The van der Waals surface area contributed by atoms with Crippen LogP contribution in [0.5, 0.6) is 0 Å². The number of aromatic nitrogens is 2. The SMILES string of the molecule is CCS(=O)(=O)Nc1cc(-n2cnc(C(F)(F)F)cc2=O)c(F)cc1C#N. The van der Waals surface area contributed by atoms with Crippen LogP contribution in [0.4, 0.5) is 23.2 Å². The van der Waals surface area contributed by atoms with Crippen molar-refractivity contribution in [3.63, 3.8) is 0 Å². The van der Waals surface area contributed by atoms with E-state index in [1.165, 1.54) is 6.92 Å². The fourth-order valence-electron chi connectivity index (χ4n) is 1.90. The number of hydrogen-bond acceptors (Lipinski definition) is 5. The fraction of sp³-hybridized carbons (Fsp3) is 0.214. The molecule has 0 radical (unpaired) electrons. The van der Waals surface area contributed by atoms with Crippen LogP contribution in [-0.2, 0) is 16.2 Å². The molecule has 138 valence electrons. The maximum Gasteiger partial charge on any atom is 0.433 e. The molecular formula is C14H10F4N4O3S. The minimum atomic E-state index is -4.86. The quantitative estimate of drug-likeness (QED) is 0.805. The lowest BCUT2D eigenvalue weighted by molar-refractivity contribution is -0.141. The van der Waals surface area contributed by atoms with E-state index in [1.54, 1.807) is 6.07 Å². The third-order valence-corrected chi connectivity index (χ3v) is 4.50. The number of benzene rings is 1. The summed E-state index contributed by atoms with van der Waals surface area (Å²) >= 11 is 0. The van der Waals surface area contributed by atoms with E-state index in [9.17, 15) is 30.8 Å². The molecule has 7 nitrogen and oxygen atoms in total. The van der Waals surface area contributed by atoms with Crippen molar-refractivity contribution in [2.24, 2.45) is 0 Å². The number of hydrogen-bond donors (Lipinski definition) is 1. The molecule has 26 heavy (non-hydrogen) atoms. The molecule has 0 atom stereocenters. The number of nitrogens with one attached hydrogen (secondary N) is 1. The summed E-state index contributed by atoms with van der Waals surface area (Å²) in [5.74, 6) is -1.46. The molecule has 0 saturated heterocycles. The van der Waals surface area contributed by atoms with Gasteiger partial charge in [0.1, 0.15) is 18.2 Å². The number of sulfonamides is 1. The average molecular weight is 390 g/mol. The van der Waals surface area contributed by atoms with Crippen molar-refractivity contribution in [3.05, 3.63) is 52.0 Å².